The Hall–Kier alpha value is -1.56. The first-order chi connectivity index (χ1) is 11.7. The zero-order valence-electron chi connectivity index (χ0n) is 14.7. The zero-order valence-corrected chi connectivity index (χ0v) is 14.7. The predicted molar refractivity (Wildman–Crippen MR) is 92.7 cm³/mol. The van der Waals surface area contributed by atoms with Crippen LogP contribution in [-0.4, -0.2) is 53.8 Å². The number of carbonyl (C=O) groups excluding carboxylic acids is 1. The molecule has 1 N–H and O–H groups in total. The van der Waals surface area contributed by atoms with Gasteiger partial charge >= 0.3 is 6.03 Å². The number of hydrogen-bond acceptors (Lipinski definition) is 3. The van der Waals surface area contributed by atoms with E-state index in [1.165, 1.54) is 19.3 Å². The molecule has 1 aromatic heterocycles. The van der Waals surface area contributed by atoms with Crippen molar-refractivity contribution in [2.45, 2.75) is 45.1 Å². The topological polar surface area (TPSA) is 59.4 Å². The minimum atomic E-state index is 0.0905. The molecule has 1 saturated heterocycles. The van der Waals surface area contributed by atoms with Gasteiger partial charge in [-0.1, -0.05) is 12.8 Å². The summed E-state index contributed by atoms with van der Waals surface area (Å²) in [5.74, 6) is 0.512. The summed E-state index contributed by atoms with van der Waals surface area (Å²) in [6.45, 7) is 4.13. The van der Waals surface area contributed by atoms with Crippen molar-refractivity contribution in [2.75, 3.05) is 33.4 Å². The highest BCUT2D eigenvalue weighted by Gasteiger charge is 2.35. The predicted octanol–water partition coefficient (Wildman–Crippen LogP) is 2.51. The van der Waals surface area contributed by atoms with Gasteiger partial charge in [0, 0.05) is 51.1 Å². The Morgan fingerprint density at radius 1 is 1.38 bits per heavy atom. The monoisotopic (exact) mass is 334 g/mol. The Morgan fingerprint density at radius 3 is 2.92 bits per heavy atom. The number of carbonyl (C=O) groups is 1. The number of urea groups is 1. The molecule has 1 aliphatic carbocycles. The minimum absolute atomic E-state index is 0.0905. The summed E-state index contributed by atoms with van der Waals surface area (Å²) in [7, 11) is 1.76. The van der Waals surface area contributed by atoms with E-state index in [1.807, 2.05) is 23.6 Å². The van der Waals surface area contributed by atoms with E-state index >= 15 is 0 Å². The van der Waals surface area contributed by atoms with Crippen LogP contribution in [-0.2, 0) is 11.3 Å². The molecule has 0 bridgehead atoms. The number of rotatable bonds is 6. The van der Waals surface area contributed by atoms with Gasteiger partial charge in [0.15, 0.2) is 0 Å². The third kappa shape index (κ3) is 4.29. The lowest BCUT2D eigenvalue weighted by atomic mass is 9.87. The highest BCUT2D eigenvalue weighted by molar-refractivity contribution is 5.74. The van der Waals surface area contributed by atoms with Crippen LogP contribution in [0.1, 0.15) is 38.5 Å². The molecular weight excluding hydrogens is 304 g/mol. The second kappa shape index (κ2) is 8.01. The summed E-state index contributed by atoms with van der Waals surface area (Å²) in [6, 6.07) is 0.0905. The van der Waals surface area contributed by atoms with Gasteiger partial charge in [-0.25, -0.2) is 9.78 Å². The Balaban J connectivity index is 1.49. The molecule has 134 valence electrons. The van der Waals surface area contributed by atoms with Crippen molar-refractivity contribution < 1.29 is 9.53 Å². The van der Waals surface area contributed by atoms with Gasteiger partial charge in [0.25, 0.3) is 0 Å². The molecule has 2 fully saturated rings. The smallest absolute Gasteiger partial charge is 0.317 e. The first-order valence-electron chi connectivity index (χ1n) is 9.18. The standard InChI is InChI=1S/C18H30N4O2/c1-24-14-18(6-2-3-7-18)13-20-17(23)22-9-4-5-16(12-22)11-21-10-8-19-15-21/h8,10,15-16H,2-7,9,11-14H2,1H3,(H,20,23)/t16-/m1/s1. The summed E-state index contributed by atoms with van der Waals surface area (Å²) in [6.07, 6.45) is 12.7. The van der Waals surface area contributed by atoms with Crippen LogP contribution in [0.25, 0.3) is 0 Å². The molecule has 6 nitrogen and oxygen atoms in total. The second-order valence-corrected chi connectivity index (χ2v) is 7.51. The number of nitrogens with zero attached hydrogens (tertiary/aromatic N) is 3. The van der Waals surface area contributed by atoms with Crippen LogP contribution in [0.3, 0.4) is 0 Å². The first-order valence-corrected chi connectivity index (χ1v) is 9.18. The van der Waals surface area contributed by atoms with Crippen LogP contribution in [0, 0.1) is 11.3 Å². The van der Waals surface area contributed by atoms with Crippen molar-refractivity contribution in [3.8, 4) is 0 Å². The SMILES string of the molecule is COCC1(CNC(=O)N2CCC[C@H](Cn3ccnc3)C2)CCCC1. The average Bonchev–Trinajstić information content (AvgIpc) is 3.26. The molecule has 2 heterocycles. The molecule has 0 spiro atoms. The molecule has 1 aromatic rings. The number of amides is 2. The lowest BCUT2D eigenvalue weighted by molar-refractivity contribution is 0.0813. The van der Waals surface area contributed by atoms with E-state index in [-0.39, 0.29) is 11.4 Å². The van der Waals surface area contributed by atoms with Crippen molar-refractivity contribution in [1.29, 1.82) is 0 Å². The van der Waals surface area contributed by atoms with Gasteiger partial charge in [-0.2, -0.15) is 0 Å². The Kier molecular flexibility index (Phi) is 5.76. The van der Waals surface area contributed by atoms with Crippen molar-refractivity contribution >= 4 is 6.03 Å². The lowest BCUT2D eigenvalue weighted by Crippen LogP contribution is -2.49. The molecule has 2 aliphatic rings. The summed E-state index contributed by atoms with van der Waals surface area (Å²) < 4.78 is 7.52. The van der Waals surface area contributed by atoms with E-state index in [1.54, 1.807) is 7.11 Å². The van der Waals surface area contributed by atoms with E-state index < -0.39 is 0 Å². The fraction of sp³-hybridized carbons (Fsp3) is 0.778. The van der Waals surface area contributed by atoms with Gasteiger partial charge in [0.2, 0.25) is 0 Å². The highest BCUT2D eigenvalue weighted by atomic mass is 16.5. The van der Waals surface area contributed by atoms with Gasteiger partial charge in [-0.05, 0) is 31.6 Å². The molecule has 24 heavy (non-hydrogen) atoms. The number of imidazole rings is 1. The largest absolute Gasteiger partial charge is 0.384 e. The fourth-order valence-electron chi connectivity index (χ4n) is 4.27. The fourth-order valence-corrected chi connectivity index (χ4v) is 4.27. The number of ether oxygens (including phenoxy) is 1. The lowest BCUT2D eigenvalue weighted by Gasteiger charge is -2.35. The molecule has 1 aliphatic heterocycles. The number of piperidine rings is 1. The molecule has 0 aromatic carbocycles. The van der Waals surface area contributed by atoms with Gasteiger partial charge in [0.05, 0.1) is 12.9 Å². The molecule has 6 heteroatoms. The maximum atomic E-state index is 12.6. The van der Waals surface area contributed by atoms with E-state index in [0.29, 0.717) is 5.92 Å². The Bertz CT molecular complexity index is 511. The van der Waals surface area contributed by atoms with Crippen LogP contribution >= 0.6 is 0 Å². The first kappa shape index (κ1) is 17.3. The van der Waals surface area contributed by atoms with E-state index in [9.17, 15) is 4.79 Å². The number of likely N-dealkylation sites (tertiary alicyclic amines) is 1. The highest BCUT2D eigenvalue weighted by Crippen LogP contribution is 2.37. The molecule has 1 saturated carbocycles. The summed E-state index contributed by atoms with van der Waals surface area (Å²) >= 11 is 0. The summed E-state index contributed by atoms with van der Waals surface area (Å²) in [5, 5.41) is 3.19. The van der Waals surface area contributed by atoms with E-state index in [2.05, 4.69) is 14.9 Å². The Morgan fingerprint density at radius 2 is 2.21 bits per heavy atom. The van der Waals surface area contributed by atoms with Crippen LogP contribution in [0.4, 0.5) is 4.79 Å². The number of aromatic nitrogens is 2. The van der Waals surface area contributed by atoms with Crippen LogP contribution in [0.15, 0.2) is 18.7 Å². The summed E-state index contributed by atoms with van der Waals surface area (Å²) in [5.41, 5.74) is 0.149. The normalized spacial score (nSPS) is 23.4. The van der Waals surface area contributed by atoms with Gasteiger partial charge < -0.3 is 19.5 Å². The van der Waals surface area contributed by atoms with Crippen LogP contribution in [0.5, 0.6) is 0 Å². The maximum Gasteiger partial charge on any atom is 0.317 e. The summed E-state index contributed by atoms with van der Waals surface area (Å²) in [4.78, 5) is 18.7. The van der Waals surface area contributed by atoms with Crippen molar-refractivity contribution in [3.63, 3.8) is 0 Å². The zero-order chi connectivity index (χ0) is 16.8. The minimum Gasteiger partial charge on any atom is -0.384 e. The van der Waals surface area contributed by atoms with E-state index in [4.69, 9.17) is 4.74 Å². The van der Waals surface area contributed by atoms with Gasteiger partial charge in [-0.3, -0.25) is 0 Å². The number of nitrogens with one attached hydrogen (secondary N) is 1. The molecule has 1 atom stereocenters. The third-order valence-corrected chi connectivity index (χ3v) is 5.56. The second-order valence-electron chi connectivity index (χ2n) is 7.51. The number of methoxy groups -OCH3 is 1. The third-order valence-electron chi connectivity index (χ3n) is 5.56. The van der Waals surface area contributed by atoms with Gasteiger partial charge in [-0.15, -0.1) is 0 Å². The van der Waals surface area contributed by atoms with Crippen LogP contribution in [0.2, 0.25) is 0 Å². The van der Waals surface area contributed by atoms with Crippen molar-refractivity contribution in [2.24, 2.45) is 11.3 Å². The maximum absolute atomic E-state index is 12.6. The quantitative estimate of drug-likeness (QED) is 0.869. The molecule has 2 amide bonds. The van der Waals surface area contributed by atoms with Crippen LogP contribution < -0.4 is 5.32 Å². The van der Waals surface area contributed by atoms with Gasteiger partial charge in [0.1, 0.15) is 0 Å². The average molecular weight is 334 g/mol. The van der Waals surface area contributed by atoms with E-state index in [0.717, 1.165) is 52.0 Å². The molecular formula is C18H30N4O2. The molecule has 0 unspecified atom stereocenters. The number of hydrogen-bond donors (Lipinski definition) is 1. The molecule has 3 rings (SSSR count). The Labute approximate surface area is 144 Å². The van der Waals surface area contributed by atoms with Crippen molar-refractivity contribution in [3.05, 3.63) is 18.7 Å². The van der Waals surface area contributed by atoms with Crippen molar-refractivity contribution in [1.82, 2.24) is 19.8 Å². The molecule has 0 radical (unpaired) electrons.